The smallest absolute Gasteiger partial charge is 0.360 e. The summed E-state index contributed by atoms with van der Waals surface area (Å²) in [7, 11) is 4.07. The number of carbonyl (C=O) groups is 1. The number of hydrogen-bond acceptors (Lipinski definition) is 9. The van der Waals surface area contributed by atoms with Crippen LogP contribution in [0, 0.1) is 0 Å². The molecule has 1 aliphatic heterocycles. The third kappa shape index (κ3) is 10.3. The Morgan fingerprint density at radius 3 is 2.54 bits per heavy atom. The zero-order valence-electron chi connectivity index (χ0n) is 26.2. The maximum Gasteiger partial charge on any atom is 0.360 e. The van der Waals surface area contributed by atoms with Crippen molar-refractivity contribution in [2.75, 3.05) is 28.4 Å². The SMILES string of the molecule is COC(=O)c1coc(C[C@]2(OC)C[C@H](OC)C[C@H]([C@@H](/C=C(C)/C=C/[C@@H](C/C=C/Br)OC)O[Si](C)(C)C(C)(C)C)O2)n1. The van der Waals surface area contributed by atoms with Crippen LogP contribution in [0.1, 0.15) is 63.3 Å². The highest BCUT2D eigenvalue weighted by Gasteiger charge is 2.48. The fourth-order valence-electron chi connectivity index (χ4n) is 4.33. The van der Waals surface area contributed by atoms with Gasteiger partial charge in [0, 0.05) is 34.2 Å². The van der Waals surface area contributed by atoms with Crippen LogP contribution < -0.4 is 0 Å². The van der Waals surface area contributed by atoms with Crippen molar-refractivity contribution in [3.8, 4) is 0 Å². The zero-order chi connectivity index (χ0) is 30.8. The van der Waals surface area contributed by atoms with Crippen molar-refractivity contribution in [2.45, 2.75) is 102 Å². The summed E-state index contributed by atoms with van der Waals surface area (Å²) in [6.07, 6.45) is 10.6. The van der Waals surface area contributed by atoms with Gasteiger partial charge in [0.05, 0.1) is 37.9 Å². The molecule has 0 spiro atoms. The number of carbonyl (C=O) groups excluding carboxylic acids is 1. The van der Waals surface area contributed by atoms with Gasteiger partial charge in [-0.3, -0.25) is 0 Å². The van der Waals surface area contributed by atoms with Crippen LogP contribution in [0.2, 0.25) is 18.1 Å². The molecule has 9 nitrogen and oxygen atoms in total. The van der Waals surface area contributed by atoms with Gasteiger partial charge in [-0.25, -0.2) is 9.78 Å². The van der Waals surface area contributed by atoms with Crippen LogP contribution in [0.3, 0.4) is 0 Å². The van der Waals surface area contributed by atoms with E-state index in [0.717, 1.165) is 12.0 Å². The van der Waals surface area contributed by atoms with Gasteiger partial charge in [-0.1, -0.05) is 66.6 Å². The molecule has 0 aromatic carbocycles. The highest BCUT2D eigenvalue weighted by molar-refractivity contribution is 9.11. The number of esters is 1. The maximum atomic E-state index is 11.9. The molecule has 1 aromatic rings. The highest BCUT2D eigenvalue weighted by Crippen LogP contribution is 2.41. The molecule has 41 heavy (non-hydrogen) atoms. The van der Waals surface area contributed by atoms with E-state index in [4.69, 9.17) is 32.5 Å². The van der Waals surface area contributed by atoms with Gasteiger partial charge in [-0.2, -0.15) is 0 Å². The molecule has 11 heteroatoms. The van der Waals surface area contributed by atoms with Crippen molar-refractivity contribution in [1.82, 2.24) is 4.98 Å². The summed E-state index contributed by atoms with van der Waals surface area (Å²) in [5, 5.41) is -0.0119. The van der Waals surface area contributed by atoms with Gasteiger partial charge in [0.1, 0.15) is 6.26 Å². The minimum atomic E-state index is -2.22. The Hall–Kier alpha value is -1.60. The molecule has 1 aliphatic rings. The minimum Gasteiger partial charge on any atom is -0.464 e. The van der Waals surface area contributed by atoms with Crippen LogP contribution in [0.25, 0.3) is 0 Å². The molecule has 0 bridgehead atoms. The Bertz CT molecular complexity index is 1060. The minimum absolute atomic E-state index is 0.0119. The van der Waals surface area contributed by atoms with Crippen LogP contribution in [-0.4, -0.2) is 77.9 Å². The van der Waals surface area contributed by atoms with E-state index in [1.807, 2.05) is 24.1 Å². The largest absolute Gasteiger partial charge is 0.464 e. The topological polar surface area (TPSA) is 98.5 Å². The van der Waals surface area contributed by atoms with Crippen molar-refractivity contribution < 1.29 is 37.3 Å². The van der Waals surface area contributed by atoms with E-state index in [9.17, 15) is 4.79 Å². The highest BCUT2D eigenvalue weighted by atomic mass is 79.9. The van der Waals surface area contributed by atoms with Gasteiger partial charge in [-0.05, 0) is 36.5 Å². The summed E-state index contributed by atoms with van der Waals surface area (Å²) in [5.74, 6) is -1.36. The predicted octanol–water partition coefficient (Wildman–Crippen LogP) is 6.75. The number of hydrogen-bond donors (Lipinski definition) is 0. The predicted molar refractivity (Wildman–Crippen MR) is 165 cm³/mol. The van der Waals surface area contributed by atoms with Crippen LogP contribution >= 0.6 is 15.9 Å². The van der Waals surface area contributed by atoms with Crippen molar-refractivity contribution in [1.29, 1.82) is 0 Å². The summed E-state index contributed by atoms with van der Waals surface area (Å²) < 4.78 is 41.5. The Morgan fingerprint density at radius 2 is 1.98 bits per heavy atom. The summed E-state index contributed by atoms with van der Waals surface area (Å²) in [4.78, 5) is 18.1. The lowest BCUT2D eigenvalue weighted by Crippen LogP contribution is -2.55. The molecule has 0 N–H and O–H groups in total. The zero-order valence-corrected chi connectivity index (χ0v) is 28.8. The molecule has 0 radical (unpaired) electrons. The first-order valence-corrected chi connectivity index (χ1v) is 17.7. The van der Waals surface area contributed by atoms with Crippen molar-refractivity contribution in [2.24, 2.45) is 0 Å². The molecule has 1 fully saturated rings. The van der Waals surface area contributed by atoms with Crippen LogP contribution in [0.15, 0.2) is 45.5 Å². The van der Waals surface area contributed by atoms with E-state index in [1.54, 1.807) is 21.3 Å². The fourth-order valence-corrected chi connectivity index (χ4v) is 5.80. The molecule has 232 valence electrons. The third-order valence-corrected chi connectivity index (χ3v) is 12.7. The van der Waals surface area contributed by atoms with Gasteiger partial charge in [0.2, 0.25) is 0 Å². The fraction of sp³-hybridized carbons (Fsp3) is 0.667. The lowest BCUT2D eigenvalue weighted by molar-refractivity contribution is -0.297. The molecule has 2 rings (SSSR count). The summed E-state index contributed by atoms with van der Waals surface area (Å²) in [5.41, 5.74) is 1.12. The van der Waals surface area contributed by atoms with E-state index in [1.165, 1.54) is 13.4 Å². The van der Waals surface area contributed by atoms with Gasteiger partial charge in [0.25, 0.3) is 0 Å². The van der Waals surface area contributed by atoms with Crippen LogP contribution in [0.5, 0.6) is 0 Å². The summed E-state index contributed by atoms with van der Waals surface area (Å²) in [6, 6.07) is 0. The normalized spacial score (nSPS) is 24.2. The van der Waals surface area contributed by atoms with E-state index >= 15 is 0 Å². The standard InChI is InChI=1S/C30H48BrNO8Si/c1-21(13-14-22(34-5)12-11-15-31)16-26(40-41(9,10)29(2,3)4)25-17-23(35-6)18-30(37-8,39-25)19-27-32-24(20-38-27)28(33)36-7/h11,13-16,20,22-23,25-26H,12,17-19H2,1-10H3/b14-13+,15-11+,21-16+/t22-,23-,25-,26-,30+/m1/s1. The Morgan fingerprint density at radius 1 is 1.27 bits per heavy atom. The first-order valence-electron chi connectivity index (χ1n) is 13.8. The first kappa shape index (κ1) is 35.6. The second-order valence-electron chi connectivity index (χ2n) is 11.8. The quantitative estimate of drug-likeness (QED) is 0.122. The van der Waals surface area contributed by atoms with E-state index in [0.29, 0.717) is 18.7 Å². The molecule has 0 aliphatic carbocycles. The Kier molecular flexibility index (Phi) is 13.7. The van der Waals surface area contributed by atoms with E-state index < -0.39 is 20.1 Å². The molecule has 5 atom stereocenters. The lowest BCUT2D eigenvalue weighted by atomic mass is 9.92. The molecule has 0 amide bonds. The number of ether oxygens (including phenoxy) is 5. The third-order valence-electron chi connectivity index (χ3n) is 7.84. The first-order chi connectivity index (χ1) is 19.2. The van der Waals surface area contributed by atoms with Crippen molar-refractivity contribution >= 4 is 30.2 Å². The molecule has 0 unspecified atom stereocenters. The van der Waals surface area contributed by atoms with Gasteiger partial charge in [-0.15, -0.1) is 0 Å². The number of aromatic nitrogens is 1. The molecule has 0 saturated carbocycles. The average Bonchev–Trinajstić information content (AvgIpc) is 3.39. The monoisotopic (exact) mass is 657 g/mol. The molecule has 1 aromatic heterocycles. The number of nitrogens with zero attached hydrogens (tertiary/aromatic N) is 1. The van der Waals surface area contributed by atoms with Gasteiger partial charge >= 0.3 is 5.97 Å². The summed E-state index contributed by atoms with van der Waals surface area (Å²) >= 11 is 3.32. The molecule has 2 heterocycles. The second-order valence-corrected chi connectivity index (χ2v) is 17.1. The van der Waals surface area contributed by atoms with Crippen molar-refractivity contribution in [3.63, 3.8) is 0 Å². The number of allylic oxidation sites excluding steroid dienone is 2. The van der Waals surface area contributed by atoms with Gasteiger partial charge < -0.3 is 32.5 Å². The summed E-state index contributed by atoms with van der Waals surface area (Å²) in [6.45, 7) is 13.2. The molecule has 1 saturated heterocycles. The van der Waals surface area contributed by atoms with Crippen molar-refractivity contribution in [3.05, 3.63) is 52.7 Å². The Balaban J connectivity index is 2.45. The maximum absolute atomic E-state index is 11.9. The number of methoxy groups -OCH3 is 4. The average molecular weight is 659 g/mol. The second kappa shape index (κ2) is 15.7. The molecular formula is C30H48BrNO8Si. The lowest BCUT2D eigenvalue weighted by Gasteiger charge is -2.47. The number of halogens is 1. The Labute approximate surface area is 254 Å². The number of rotatable bonds is 14. The van der Waals surface area contributed by atoms with E-state index in [-0.39, 0.29) is 41.6 Å². The van der Waals surface area contributed by atoms with Gasteiger partial charge in [0.15, 0.2) is 25.7 Å². The molecular weight excluding hydrogens is 610 g/mol. The van der Waals surface area contributed by atoms with E-state index in [2.05, 4.69) is 66.9 Å². The number of oxazole rings is 1. The van der Waals surface area contributed by atoms with Crippen LogP contribution in [0.4, 0.5) is 0 Å². The van der Waals surface area contributed by atoms with Crippen LogP contribution in [-0.2, 0) is 34.5 Å².